The number of rotatable bonds is 5. The van der Waals surface area contributed by atoms with Crippen LogP contribution in [0.25, 0.3) is 0 Å². The predicted molar refractivity (Wildman–Crippen MR) is 71.1 cm³/mol. The fourth-order valence-corrected chi connectivity index (χ4v) is 2.93. The summed E-state index contributed by atoms with van der Waals surface area (Å²) in [6.45, 7) is 6.26. The lowest BCUT2D eigenvalue weighted by Gasteiger charge is -2.21. The van der Waals surface area contributed by atoms with Crippen molar-refractivity contribution in [2.75, 3.05) is 23.5 Å². The molecule has 1 aromatic carbocycles. The van der Waals surface area contributed by atoms with Crippen molar-refractivity contribution in [2.45, 2.75) is 20.8 Å². The lowest BCUT2D eigenvalue weighted by molar-refractivity contribution is 0.449. The van der Waals surface area contributed by atoms with Gasteiger partial charge >= 0.3 is 10.2 Å². The van der Waals surface area contributed by atoms with Crippen LogP contribution in [0.5, 0.6) is 0 Å². The van der Waals surface area contributed by atoms with Gasteiger partial charge in [0.05, 0.1) is 11.4 Å². The van der Waals surface area contributed by atoms with Crippen molar-refractivity contribution in [1.82, 2.24) is 4.31 Å². The van der Waals surface area contributed by atoms with E-state index in [1.807, 2.05) is 13.0 Å². The third kappa shape index (κ3) is 3.10. The number of hydrogen-bond acceptors (Lipinski definition) is 3. The fraction of sp³-hybridized carbons (Fsp3) is 0.455. The third-order valence-electron chi connectivity index (χ3n) is 2.58. The maximum atomic E-state index is 12.0. The second kappa shape index (κ2) is 5.37. The number of benzene rings is 1. The summed E-state index contributed by atoms with van der Waals surface area (Å²) in [4.78, 5) is 0. The Labute approximate surface area is 103 Å². The number of nitrogens with zero attached hydrogens (tertiary/aromatic N) is 1. The minimum absolute atomic E-state index is 0.428. The van der Waals surface area contributed by atoms with Gasteiger partial charge in [-0.25, -0.2) is 0 Å². The first-order valence-corrected chi connectivity index (χ1v) is 6.99. The highest BCUT2D eigenvalue weighted by atomic mass is 32.2. The van der Waals surface area contributed by atoms with Crippen LogP contribution in [-0.4, -0.2) is 25.8 Å². The van der Waals surface area contributed by atoms with Gasteiger partial charge in [-0.1, -0.05) is 26.0 Å². The summed E-state index contributed by atoms with van der Waals surface area (Å²) in [5.41, 5.74) is 7.46. The number of anilines is 2. The van der Waals surface area contributed by atoms with Crippen molar-refractivity contribution in [3.8, 4) is 0 Å². The molecule has 0 aliphatic carbocycles. The summed E-state index contributed by atoms with van der Waals surface area (Å²) < 4.78 is 27.9. The van der Waals surface area contributed by atoms with Crippen LogP contribution in [0.3, 0.4) is 0 Å². The molecule has 0 amide bonds. The molecule has 0 heterocycles. The fourth-order valence-electron chi connectivity index (χ4n) is 1.59. The summed E-state index contributed by atoms with van der Waals surface area (Å²) in [5.74, 6) is 0. The average molecular weight is 257 g/mol. The smallest absolute Gasteiger partial charge is 0.301 e. The van der Waals surface area contributed by atoms with Crippen LogP contribution in [-0.2, 0) is 10.2 Å². The van der Waals surface area contributed by atoms with Crippen molar-refractivity contribution in [1.29, 1.82) is 0 Å². The Hall–Kier alpha value is -1.27. The highest BCUT2D eigenvalue weighted by Crippen LogP contribution is 2.24. The van der Waals surface area contributed by atoms with Crippen molar-refractivity contribution in [2.24, 2.45) is 0 Å². The molecule has 0 atom stereocenters. The zero-order valence-corrected chi connectivity index (χ0v) is 11.2. The second-order valence-corrected chi connectivity index (χ2v) is 5.40. The molecular formula is C11H19N3O2S. The van der Waals surface area contributed by atoms with E-state index < -0.39 is 10.2 Å². The molecule has 17 heavy (non-hydrogen) atoms. The van der Waals surface area contributed by atoms with E-state index in [2.05, 4.69) is 4.72 Å². The molecule has 0 bridgehead atoms. The van der Waals surface area contributed by atoms with Crippen LogP contribution in [0.2, 0.25) is 0 Å². The maximum Gasteiger partial charge on any atom is 0.301 e. The number of hydrogen-bond donors (Lipinski definition) is 2. The highest BCUT2D eigenvalue weighted by molar-refractivity contribution is 7.90. The summed E-state index contributed by atoms with van der Waals surface area (Å²) in [7, 11) is -3.52. The average Bonchev–Trinajstić information content (AvgIpc) is 2.25. The van der Waals surface area contributed by atoms with Gasteiger partial charge in [-0.15, -0.1) is 0 Å². The summed E-state index contributed by atoms with van der Waals surface area (Å²) in [6.07, 6.45) is 0. The van der Waals surface area contributed by atoms with Gasteiger partial charge in [0.2, 0.25) is 0 Å². The summed E-state index contributed by atoms with van der Waals surface area (Å²) in [5, 5.41) is 0. The molecule has 5 nitrogen and oxygen atoms in total. The van der Waals surface area contributed by atoms with Crippen LogP contribution in [0.15, 0.2) is 18.2 Å². The van der Waals surface area contributed by atoms with Crippen molar-refractivity contribution >= 4 is 21.6 Å². The molecule has 1 aromatic rings. The molecule has 3 N–H and O–H groups in total. The van der Waals surface area contributed by atoms with Crippen molar-refractivity contribution in [3.05, 3.63) is 23.8 Å². The minimum Gasteiger partial charge on any atom is -0.397 e. The highest BCUT2D eigenvalue weighted by Gasteiger charge is 2.20. The van der Waals surface area contributed by atoms with Crippen LogP contribution in [0.4, 0.5) is 11.4 Å². The quantitative estimate of drug-likeness (QED) is 0.786. The Morgan fingerprint density at radius 3 is 2.35 bits per heavy atom. The van der Waals surface area contributed by atoms with Crippen LogP contribution >= 0.6 is 0 Å². The second-order valence-electron chi connectivity index (χ2n) is 3.73. The van der Waals surface area contributed by atoms with Crippen LogP contribution < -0.4 is 10.5 Å². The topological polar surface area (TPSA) is 75.4 Å². The van der Waals surface area contributed by atoms with Crippen molar-refractivity contribution in [3.63, 3.8) is 0 Å². The van der Waals surface area contributed by atoms with Gasteiger partial charge in [0.1, 0.15) is 0 Å². The van der Waals surface area contributed by atoms with Gasteiger partial charge in [-0.2, -0.15) is 12.7 Å². The van der Waals surface area contributed by atoms with E-state index in [0.717, 1.165) is 5.56 Å². The van der Waals surface area contributed by atoms with Crippen LogP contribution in [0.1, 0.15) is 19.4 Å². The third-order valence-corrected chi connectivity index (χ3v) is 4.24. The minimum atomic E-state index is -3.52. The zero-order chi connectivity index (χ0) is 13.1. The first-order chi connectivity index (χ1) is 7.92. The molecule has 0 radical (unpaired) electrons. The van der Waals surface area contributed by atoms with E-state index in [1.165, 1.54) is 4.31 Å². The SMILES string of the molecule is CCN(CC)S(=O)(=O)Nc1c(C)cccc1N. The number of aryl methyl sites for hydroxylation is 1. The largest absolute Gasteiger partial charge is 0.397 e. The standard InChI is InChI=1S/C11H19N3O2S/c1-4-14(5-2)17(15,16)13-11-9(3)7-6-8-10(11)12/h6-8,13H,4-5,12H2,1-3H3. The Morgan fingerprint density at radius 1 is 1.29 bits per heavy atom. The van der Waals surface area contributed by atoms with Crippen LogP contribution in [0, 0.1) is 6.92 Å². The van der Waals surface area contributed by atoms with Crippen molar-refractivity contribution < 1.29 is 8.42 Å². The number of nitrogens with one attached hydrogen (secondary N) is 1. The normalized spacial score (nSPS) is 11.8. The van der Waals surface area contributed by atoms with Gasteiger partial charge in [0.25, 0.3) is 0 Å². The molecule has 0 spiro atoms. The Bertz CT molecular complexity index is 461. The summed E-state index contributed by atoms with van der Waals surface area (Å²) in [6, 6.07) is 5.28. The van der Waals surface area contributed by atoms with Gasteiger partial charge < -0.3 is 5.73 Å². The summed E-state index contributed by atoms with van der Waals surface area (Å²) >= 11 is 0. The van der Waals surface area contributed by atoms with E-state index in [-0.39, 0.29) is 0 Å². The van der Waals surface area contributed by atoms with E-state index in [1.54, 1.807) is 26.0 Å². The number of para-hydroxylation sites is 1. The molecule has 0 fully saturated rings. The Morgan fingerprint density at radius 2 is 1.88 bits per heavy atom. The van der Waals surface area contributed by atoms with E-state index in [4.69, 9.17) is 5.73 Å². The van der Waals surface area contributed by atoms with Gasteiger partial charge in [0.15, 0.2) is 0 Å². The predicted octanol–water partition coefficient (Wildman–Crippen LogP) is 1.58. The zero-order valence-electron chi connectivity index (χ0n) is 10.4. The van der Waals surface area contributed by atoms with Gasteiger partial charge in [-0.05, 0) is 18.6 Å². The molecule has 96 valence electrons. The molecule has 0 aromatic heterocycles. The van der Waals surface area contributed by atoms with Gasteiger partial charge in [-0.3, -0.25) is 4.72 Å². The first-order valence-electron chi connectivity index (χ1n) is 5.55. The molecule has 0 aliphatic rings. The lowest BCUT2D eigenvalue weighted by atomic mass is 10.2. The molecule has 1 rings (SSSR count). The monoisotopic (exact) mass is 257 g/mol. The molecule has 0 unspecified atom stereocenters. The Kier molecular flexibility index (Phi) is 4.36. The maximum absolute atomic E-state index is 12.0. The number of nitrogen functional groups attached to an aromatic ring is 1. The molecular weight excluding hydrogens is 238 g/mol. The molecule has 6 heteroatoms. The molecule has 0 aliphatic heterocycles. The molecule has 0 saturated heterocycles. The van der Waals surface area contributed by atoms with E-state index in [0.29, 0.717) is 24.5 Å². The number of nitrogens with two attached hydrogens (primary N) is 1. The van der Waals surface area contributed by atoms with Gasteiger partial charge in [0, 0.05) is 13.1 Å². The van der Waals surface area contributed by atoms with E-state index >= 15 is 0 Å². The lowest BCUT2D eigenvalue weighted by Crippen LogP contribution is -2.35. The Balaban J connectivity index is 3.06. The first kappa shape index (κ1) is 13.8. The van der Waals surface area contributed by atoms with E-state index in [9.17, 15) is 8.42 Å². The molecule has 0 saturated carbocycles.